The fourth-order valence-electron chi connectivity index (χ4n) is 1.93. The van der Waals surface area contributed by atoms with Gasteiger partial charge in [0.2, 0.25) is 0 Å². The van der Waals surface area contributed by atoms with Gasteiger partial charge in [-0.3, -0.25) is 4.68 Å². The molecular weight excluding hydrogens is 176 g/mol. The maximum Gasteiger partial charge on any atom is 0.0689 e. The van der Waals surface area contributed by atoms with Crippen molar-refractivity contribution in [1.29, 1.82) is 0 Å². The molecule has 1 N–H and O–H groups in total. The summed E-state index contributed by atoms with van der Waals surface area (Å²) in [4.78, 5) is 0. The van der Waals surface area contributed by atoms with E-state index in [4.69, 9.17) is 0 Å². The first-order valence-electron chi connectivity index (χ1n) is 5.35. The molecule has 3 nitrogen and oxygen atoms in total. The van der Waals surface area contributed by atoms with E-state index in [9.17, 15) is 5.11 Å². The van der Waals surface area contributed by atoms with Gasteiger partial charge in [0.25, 0.3) is 0 Å². The molecule has 1 atom stereocenters. The lowest BCUT2D eigenvalue weighted by Crippen LogP contribution is -2.29. The topological polar surface area (TPSA) is 38.0 Å². The van der Waals surface area contributed by atoms with E-state index >= 15 is 0 Å². The summed E-state index contributed by atoms with van der Waals surface area (Å²) >= 11 is 0. The Bertz CT molecular complexity index is 313. The van der Waals surface area contributed by atoms with Gasteiger partial charge in [-0.2, -0.15) is 5.10 Å². The zero-order chi connectivity index (χ0) is 10.2. The van der Waals surface area contributed by atoms with Crippen LogP contribution in [0.2, 0.25) is 0 Å². The molecule has 78 valence electrons. The predicted molar refractivity (Wildman–Crippen MR) is 55.0 cm³/mol. The highest BCUT2D eigenvalue weighted by molar-refractivity contribution is 5.10. The Balaban J connectivity index is 2.02. The zero-order valence-electron chi connectivity index (χ0n) is 8.90. The molecule has 2 rings (SSSR count). The van der Waals surface area contributed by atoms with Crippen LogP contribution < -0.4 is 0 Å². The van der Waals surface area contributed by atoms with Crippen molar-refractivity contribution in [2.24, 2.45) is 5.92 Å². The number of rotatable bonds is 4. The Hall–Kier alpha value is -0.830. The van der Waals surface area contributed by atoms with Crippen LogP contribution in [-0.4, -0.2) is 20.5 Å². The third-order valence-corrected chi connectivity index (χ3v) is 3.03. The van der Waals surface area contributed by atoms with E-state index < -0.39 is 5.60 Å². The van der Waals surface area contributed by atoms with Crippen molar-refractivity contribution in [1.82, 2.24) is 9.78 Å². The van der Waals surface area contributed by atoms with Crippen molar-refractivity contribution >= 4 is 0 Å². The van der Waals surface area contributed by atoms with E-state index in [0.29, 0.717) is 5.92 Å². The molecule has 14 heavy (non-hydrogen) atoms. The second-order valence-corrected chi connectivity index (χ2v) is 4.51. The lowest BCUT2D eigenvalue weighted by Gasteiger charge is -2.21. The molecule has 1 aromatic heterocycles. The van der Waals surface area contributed by atoms with E-state index in [2.05, 4.69) is 12.0 Å². The van der Waals surface area contributed by atoms with Gasteiger partial charge in [-0.15, -0.1) is 0 Å². The van der Waals surface area contributed by atoms with Crippen molar-refractivity contribution < 1.29 is 5.11 Å². The summed E-state index contributed by atoms with van der Waals surface area (Å²) in [6.07, 6.45) is 6.97. The smallest absolute Gasteiger partial charge is 0.0689 e. The van der Waals surface area contributed by atoms with E-state index in [0.717, 1.165) is 18.5 Å². The molecule has 0 aliphatic heterocycles. The SMILES string of the molecule is CCn1cc(CC(C)(O)C2CC2)cn1. The summed E-state index contributed by atoms with van der Waals surface area (Å²) in [5.41, 5.74) is 0.616. The summed E-state index contributed by atoms with van der Waals surface area (Å²) in [6.45, 7) is 4.90. The minimum atomic E-state index is -0.526. The predicted octanol–water partition coefficient (Wildman–Crippen LogP) is 1.61. The highest BCUT2D eigenvalue weighted by atomic mass is 16.3. The van der Waals surface area contributed by atoms with Gasteiger partial charge >= 0.3 is 0 Å². The third-order valence-electron chi connectivity index (χ3n) is 3.03. The van der Waals surface area contributed by atoms with Crippen molar-refractivity contribution in [3.8, 4) is 0 Å². The minimum Gasteiger partial charge on any atom is -0.390 e. The Morgan fingerprint density at radius 2 is 2.36 bits per heavy atom. The van der Waals surface area contributed by atoms with Gasteiger partial charge in [0, 0.05) is 19.2 Å². The lowest BCUT2D eigenvalue weighted by atomic mass is 9.93. The summed E-state index contributed by atoms with van der Waals surface area (Å²) in [5.74, 6) is 0.507. The van der Waals surface area contributed by atoms with Crippen LogP contribution in [-0.2, 0) is 13.0 Å². The molecular formula is C11H18N2O. The highest BCUT2D eigenvalue weighted by Crippen LogP contribution is 2.41. The van der Waals surface area contributed by atoms with Gasteiger partial charge in [-0.05, 0) is 38.2 Å². The molecule has 0 saturated heterocycles. The van der Waals surface area contributed by atoms with Gasteiger partial charge in [-0.1, -0.05) is 0 Å². The van der Waals surface area contributed by atoms with Crippen LogP contribution in [0, 0.1) is 5.92 Å². The van der Waals surface area contributed by atoms with Crippen molar-refractivity contribution in [3.63, 3.8) is 0 Å². The van der Waals surface area contributed by atoms with Gasteiger partial charge in [0.05, 0.1) is 11.8 Å². The van der Waals surface area contributed by atoms with Gasteiger partial charge in [0.15, 0.2) is 0 Å². The molecule has 1 heterocycles. The number of aliphatic hydroxyl groups is 1. The summed E-state index contributed by atoms with van der Waals surface area (Å²) in [7, 11) is 0. The van der Waals surface area contributed by atoms with Gasteiger partial charge < -0.3 is 5.11 Å². The summed E-state index contributed by atoms with van der Waals surface area (Å²) in [5, 5.41) is 14.4. The second-order valence-electron chi connectivity index (χ2n) is 4.51. The van der Waals surface area contributed by atoms with Crippen LogP contribution >= 0.6 is 0 Å². The molecule has 1 unspecified atom stereocenters. The van der Waals surface area contributed by atoms with E-state index in [-0.39, 0.29) is 0 Å². The van der Waals surface area contributed by atoms with Crippen LogP contribution in [0.25, 0.3) is 0 Å². The molecule has 1 aliphatic rings. The maximum absolute atomic E-state index is 10.2. The van der Waals surface area contributed by atoms with E-state index in [1.807, 2.05) is 24.0 Å². The van der Waals surface area contributed by atoms with Crippen LogP contribution in [0.3, 0.4) is 0 Å². The van der Waals surface area contributed by atoms with Crippen molar-refractivity contribution in [3.05, 3.63) is 18.0 Å². The first-order chi connectivity index (χ1) is 6.62. The minimum absolute atomic E-state index is 0.507. The molecule has 0 aromatic carbocycles. The fraction of sp³-hybridized carbons (Fsp3) is 0.727. The average Bonchev–Trinajstić information content (AvgIpc) is 2.89. The Morgan fingerprint density at radius 3 is 2.86 bits per heavy atom. The molecule has 1 saturated carbocycles. The highest BCUT2D eigenvalue weighted by Gasteiger charge is 2.39. The monoisotopic (exact) mass is 194 g/mol. The maximum atomic E-state index is 10.2. The molecule has 1 aromatic rings. The first-order valence-corrected chi connectivity index (χ1v) is 5.35. The van der Waals surface area contributed by atoms with Gasteiger partial charge in [0.1, 0.15) is 0 Å². The average molecular weight is 194 g/mol. The van der Waals surface area contributed by atoms with Crippen LogP contribution in [0.15, 0.2) is 12.4 Å². The molecule has 0 bridgehead atoms. The molecule has 1 aliphatic carbocycles. The zero-order valence-corrected chi connectivity index (χ0v) is 8.90. The molecule has 0 spiro atoms. The molecule has 0 radical (unpaired) electrons. The summed E-state index contributed by atoms with van der Waals surface area (Å²) < 4.78 is 1.90. The standard InChI is InChI=1S/C11H18N2O/c1-3-13-8-9(7-12-13)6-11(2,14)10-4-5-10/h7-8,10,14H,3-6H2,1-2H3. The van der Waals surface area contributed by atoms with Crippen molar-refractivity contribution in [2.75, 3.05) is 0 Å². The first kappa shape index (κ1) is 9.71. The number of aromatic nitrogens is 2. The van der Waals surface area contributed by atoms with Gasteiger partial charge in [-0.25, -0.2) is 0 Å². The fourth-order valence-corrected chi connectivity index (χ4v) is 1.93. The Labute approximate surface area is 84.7 Å². The molecule has 1 fully saturated rings. The normalized spacial score (nSPS) is 20.8. The molecule has 3 heteroatoms. The summed E-state index contributed by atoms with van der Waals surface area (Å²) in [6, 6.07) is 0. The number of nitrogens with zero attached hydrogens (tertiary/aromatic N) is 2. The Morgan fingerprint density at radius 1 is 1.64 bits per heavy atom. The van der Waals surface area contributed by atoms with Crippen LogP contribution in [0.1, 0.15) is 32.3 Å². The second kappa shape index (κ2) is 3.39. The number of hydrogen-bond acceptors (Lipinski definition) is 2. The largest absolute Gasteiger partial charge is 0.390 e. The quantitative estimate of drug-likeness (QED) is 0.790. The van der Waals surface area contributed by atoms with E-state index in [1.54, 1.807) is 0 Å². The molecule has 0 amide bonds. The lowest BCUT2D eigenvalue weighted by molar-refractivity contribution is 0.0372. The van der Waals surface area contributed by atoms with Crippen LogP contribution in [0.4, 0.5) is 0 Å². The van der Waals surface area contributed by atoms with E-state index in [1.165, 1.54) is 12.8 Å². The van der Waals surface area contributed by atoms with Crippen LogP contribution in [0.5, 0.6) is 0 Å². The number of hydrogen-bond donors (Lipinski definition) is 1. The van der Waals surface area contributed by atoms with Crippen molar-refractivity contribution in [2.45, 2.75) is 45.3 Å². The third kappa shape index (κ3) is 1.98. The Kier molecular flexibility index (Phi) is 2.35. The number of aryl methyl sites for hydroxylation is 1.